The van der Waals surface area contributed by atoms with E-state index in [-0.39, 0.29) is 12.5 Å². The standard InChI is InChI=1S/C18H19F3N2O2/c19-18(20,21)14-4-1-3-13(11-14)12-25-16-8-6-15(7-9-16)23-17(24)5-2-10-22/h1,3-4,6-9,11H,2,5,10,12,22H2,(H,23,24). The number of anilines is 1. The first-order valence-corrected chi connectivity index (χ1v) is 7.77. The van der Waals surface area contributed by atoms with E-state index in [2.05, 4.69) is 5.32 Å². The summed E-state index contributed by atoms with van der Waals surface area (Å²) in [6.45, 7) is 0.474. The highest BCUT2D eigenvalue weighted by atomic mass is 19.4. The lowest BCUT2D eigenvalue weighted by Gasteiger charge is -2.11. The first-order chi connectivity index (χ1) is 11.9. The zero-order chi connectivity index (χ0) is 18.3. The van der Waals surface area contributed by atoms with Crippen LogP contribution in [0.5, 0.6) is 5.75 Å². The molecule has 25 heavy (non-hydrogen) atoms. The summed E-state index contributed by atoms with van der Waals surface area (Å²) in [7, 11) is 0. The molecule has 134 valence electrons. The number of hydrogen-bond donors (Lipinski definition) is 2. The highest BCUT2D eigenvalue weighted by molar-refractivity contribution is 5.90. The van der Waals surface area contributed by atoms with Crippen molar-refractivity contribution in [2.75, 3.05) is 11.9 Å². The molecule has 0 saturated heterocycles. The molecular formula is C18H19F3N2O2. The number of halogens is 3. The maximum atomic E-state index is 12.7. The molecule has 0 aromatic heterocycles. The normalized spacial score (nSPS) is 11.2. The molecule has 4 nitrogen and oxygen atoms in total. The van der Waals surface area contributed by atoms with Gasteiger partial charge >= 0.3 is 6.18 Å². The van der Waals surface area contributed by atoms with Gasteiger partial charge in [-0.25, -0.2) is 0 Å². The van der Waals surface area contributed by atoms with Crippen LogP contribution in [0.3, 0.4) is 0 Å². The Morgan fingerprint density at radius 2 is 1.84 bits per heavy atom. The number of carbonyl (C=O) groups is 1. The molecule has 0 unspecified atom stereocenters. The van der Waals surface area contributed by atoms with Gasteiger partial charge in [-0.2, -0.15) is 13.2 Å². The number of amides is 1. The van der Waals surface area contributed by atoms with Gasteiger partial charge in [-0.15, -0.1) is 0 Å². The van der Waals surface area contributed by atoms with Crippen LogP contribution in [0.4, 0.5) is 18.9 Å². The first kappa shape index (κ1) is 18.8. The second-order valence-electron chi connectivity index (χ2n) is 5.45. The average Bonchev–Trinajstić information content (AvgIpc) is 2.59. The van der Waals surface area contributed by atoms with Gasteiger partial charge in [-0.3, -0.25) is 4.79 Å². The molecule has 0 atom stereocenters. The average molecular weight is 352 g/mol. The summed E-state index contributed by atoms with van der Waals surface area (Å²) < 4.78 is 43.5. The Morgan fingerprint density at radius 1 is 1.12 bits per heavy atom. The first-order valence-electron chi connectivity index (χ1n) is 7.77. The molecule has 0 aliphatic heterocycles. The van der Waals surface area contributed by atoms with E-state index in [4.69, 9.17) is 10.5 Å². The van der Waals surface area contributed by atoms with E-state index in [1.807, 2.05) is 0 Å². The quantitative estimate of drug-likeness (QED) is 0.793. The second-order valence-corrected chi connectivity index (χ2v) is 5.45. The highest BCUT2D eigenvalue weighted by Gasteiger charge is 2.30. The van der Waals surface area contributed by atoms with E-state index in [1.165, 1.54) is 6.07 Å². The SMILES string of the molecule is NCCCC(=O)Nc1ccc(OCc2cccc(C(F)(F)F)c2)cc1. The molecule has 0 spiro atoms. The molecule has 7 heteroatoms. The summed E-state index contributed by atoms with van der Waals surface area (Å²) in [5.41, 5.74) is 5.68. The van der Waals surface area contributed by atoms with Crippen molar-refractivity contribution in [3.05, 3.63) is 59.7 Å². The zero-order valence-electron chi connectivity index (χ0n) is 13.5. The van der Waals surface area contributed by atoms with Crippen LogP contribution in [0.15, 0.2) is 48.5 Å². The van der Waals surface area contributed by atoms with Crippen LogP contribution < -0.4 is 15.8 Å². The van der Waals surface area contributed by atoms with Crippen molar-refractivity contribution in [2.45, 2.75) is 25.6 Å². The number of nitrogens with one attached hydrogen (secondary N) is 1. The third kappa shape index (κ3) is 6.11. The Hall–Kier alpha value is -2.54. The molecule has 3 N–H and O–H groups in total. The van der Waals surface area contributed by atoms with Crippen LogP contribution in [0.1, 0.15) is 24.0 Å². The van der Waals surface area contributed by atoms with Gasteiger partial charge in [0.25, 0.3) is 0 Å². The van der Waals surface area contributed by atoms with Gasteiger partial charge in [-0.05, 0) is 54.9 Å². The predicted molar refractivity (Wildman–Crippen MR) is 89.1 cm³/mol. The third-order valence-corrected chi connectivity index (χ3v) is 3.41. The second kappa shape index (κ2) is 8.53. The summed E-state index contributed by atoms with van der Waals surface area (Å²) in [6, 6.07) is 11.6. The highest BCUT2D eigenvalue weighted by Crippen LogP contribution is 2.29. The molecule has 0 saturated carbocycles. The molecule has 0 heterocycles. The fourth-order valence-corrected chi connectivity index (χ4v) is 2.12. The summed E-state index contributed by atoms with van der Waals surface area (Å²) in [6.07, 6.45) is -3.41. The van der Waals surface area contributed by atoms with Crippen molar-refractivity contribution in [1.82, 2.24) is 0 Å². The lowest BCUT2D eigenvalue weighted by atomic mass is 10.1. The van der Waals surface area contributed by atoms with Crippen LogP contribution in [0.2, 0.25) is 0 Å². The monoisotopic (exact) mass is 352 g/mol. The van der Waals surface area contributed by atoms with E-state index in [0.717, 1.165) is 12.1 Å². The molecular weight excluding hydrogens is 333 g/mol. The number of carbonyl (C=O) groups excluding carboxylic acids is 1. The summed E-state index contributed by atoms with van der Waals surface area (Å²) >= 11 is 0. The van der Waals surface area contributed by atoms with Crippen molar-refractivity contribution in [3.63, 3.8) is 0 Å². The van der Waals surface area contributed by atoms with E-state index in [1.54, 1.807) is 30.3 Å². The summed E-state index contributed by atoms with van der Waals surface area (Å²) in [4.78, 5) is 11.6. The largest absolute Gasteiger partial charge is 0.489 e. The maximum Gasteiger partial charge on any atom is 0.416 e. The molecule has 0 aliphatic carbocycles. The molecule has 0 aliphatic rings. The van der Waals surface area contributed by atoms with Gasteiger partial charge in [0.15, 0.2) is 0 Å². The van der Waals surface area contributed by atoms with Crippen LogP contribution in [-0.4, -0.2) is 12.5 Å². The fourth-order valence-electron chi connectivity index (χ4n) is 2.12. The van der Waals surface area contributed by atoms with Gasteiger partial charge < -0.3 is 15.8 Å². The van der Waals surface area contributed by atoms with Crippen molar-refractivity contribution < 1.29 is 22.7 Å². The fraction of sp³-hybridized carbons (Fsp3) is 0.278. The molecule has 2 rings (SSSR count). The molecule has 0 bridgehead atoms. The van der Waals surface area contributed by atoms with Crippen LogP contribution >= 0.6 is 0 Å². The van der Waals surface area contributed by atoms with E-state index >= 15 is 0 Å². The topological polar surface area (TPSA) is 64.4 Å². The van der Waals surface area contributed by atoms with E-state index in [0.29, 0.717) is 36.4 Å². The summed E-state index contributed by atoms with van der Waals surface area (Å²) in [5, 5.41) is 2.73. The minimum Gasteiger partial charge on any atom is -0.489 e. The minimum absolute atomic E-state index is 0.0200. The van der Waals surface area contributed by atoms with Gasteiger partial charge in [-0.1, -0.05) is 12.1 Å². The minimum atomic E-state index is -4.38. The van der Waals surface area contributed by atoms with Crippen LogP contribution in [-0.2, 0) is 17.6 Å². The molecule has 0 radical (unpaired) electrons. The molecule has 0 fully saturated rings. The predicted octanol–water partition coefficient (Wildman–Crippen LogP) is 3.96. The Bertz CT molecular complexity index is 700. The smallest absolute Gasteiger partial charge is 0.416 e. The molecule has 1 amide bonds. The zero-order valence-corrected chi connectivity index (χ0v) is 13.5. The van der Waals surface area contributed by atoms with E-state index < -0.39 is 11.7 Å². The third-order valence-electron chi connectivity index (χ3n) is 3.41. The Balaban J connectivity index is 1.90. The van der Waals surface area contributed by atoms with Gasteiger partial charge in [0.2, 0.25) is 5.91 Å². The summed E-state index contributed by atoms with van der Waals surface area (Å²) in [5.74, 6) is 0.375. The number of rotatable bonds is 7. The number of alkyl halides is 3. The van der Waals surface area contributed by atoms with Crippen LogP contribution in [0, 0.1) is 0 Å². The van der Waals surface area contributed by atoms with Crippen molar-refractivity contribution >= 4 is 11.6 Å². The lowest BCUT2D eigenvalue weighted by Crippen LogP contribution is -2.13. The Morgan fingerprint density at radius 3 is 2.48 bits per heavy atom. The number of ether oxygens (including phenoxy) is 1. The van der Waals surface area contributed by atoms with Crippen molar-refractivity contribution in [2.24, 2.45) is 5.73 Å². The van der Waals surface area contributed by atoms with Crippen molar-refractivity contribution in [3.8, 4) is 5.75 Å². The number of nitrogens with two attached hydrogens (primary N) is 1. The Kier molecular flexibility index (Phi) is 6.41. The van der Waals surface area contributed by atoms with E-state index in [9.17, 15) is 18.0 Å². The van der Waals surface area contributed by atoms with Crippen molar-refractivity contribution in [1.29, 1.82) is 0 Å². The molecule has 2 aromatic rings. The van der Waals surface area contributed by atoms with Gasteiger partial charge in [0.1, 0.15) is 12.4 Å². The Labute approximate surface area is 143 Å². The van der Waals surface area contributed by atoms with Crippen LogP contribution in [0.25, 0.3) is 0 Å². The molecule has 2 aromatic carbocycles. The lowest BCUT2D eigenvalue weighted by molar-refractivity contribution is -0.137. The van der Waals surface area contributed by atoms with Gasteiger partial charge in [0, 0.05) is 12.1 Å². The van der Waals surface area contributed by atoms with Gasteiger partial charge in [0.05, 0.1) is 5.56 Å². The number of hydrogen-bond acceptors (Lipinski definition) is 3. The number of benzene rings is 2. The maximum absolute atomic E-state index is 12.7.